The van der Waals surface area contributed by atoms with Crippen molar-refractivity contribution in [1.82, 2.24) is 19.8 Å². The highest BCUT2D eigenvalue weighted by molar-refractivity contribution is 7.89. The molecule has 2 N–H and O–H groups in total. The average Bonchev–Trinajstić information content (AvgIpc) is 2.75. The molecule has 0 aromatic carbocycles. The minimum absolute atomic E-state index is 0.113. The van der Waals surface area contributed by atoms with Crippen LogP contribution in [0.15, 0.2) is 17.3 Å². The predicted molar refractivity (Wildman–Crippen MR) is 66.6 cm³/mol. The zero-order valence-electron chi connectivity index (χ0n) is 10.8. The average molecular weight is 296 g/mol. The van der Waals surface area contributed by atoms with Crippen LogP contribution in [-0.2, 0) is 16.6 Å². The van der Waals surface area contributed by atoms with Gasteiger partial charge in [0.15, 0.2) is 0 Å². The van der Waals surface area contributed by atoms with Gasteiger partial charge in [-0.25, -0.2) is 21.9 Å². The van der Waals surface area contributed by atoms with E-state index in [4.69, 9.17) is 0 Å². The molecule has 0 spiro atoms. The molecule has 0 atom stereocenters. The van der Waals surface area contributed by atoms with Crippen molar-refractivity contribution in [2.75, 3.05) is 13.1 Å². The molecule has 1 aromatic rings. The van der Waals surface area contributed by atoms with E-state index in [1.54, 1.807) is 0 Å². The highest BCUT2D eigenvalue weighted by Crippen LogP contribution is 2.07. The number of rotatable bonds is 8. The smallest absolute Gasteiger partial charge is 0.251 e. The Kier molecular flexibility index (Phi) is 5.83. The molecule has 1 heterocycles. The number of hydrogen-bond acceptors (Lipinski definition) is 4. The first-order chi connectivity index (χ1) is 8.81. The van der Waals surface area contributed by atoms with Gasteiger partial charge in [-0.2, -0.15) is 5.10 Å². The van der Waals surface area contributed by atoms with E-state index in [2.05, 4.69) is 10.4 Å². The SMILES string of the molecule is CC(C)NCCn1cc(S(=O)(=O)NCC(F)F)cn1. The van der Waals surface area contributed by atoms with Crippen molar-refractivity contribution < 1.29 is 17.2 Å². The van der Waals surface area contributed by atoms with E-state index in [0.29, 0.717) is 19.1 Å². The van der Waals surface area contributed by atoms with E-state index >= 15 is 0 Å². The second-order valence-electron chi connectivity index (χ2n) is 4.29. The van der Waals surface area contributed by atoms with Crippen LogP contribution in [-0.4, -0.2) is 43.8 Å². The summed E-state index contributed by atoms with van der Waals surface area (Å²) in [7, 11) is -3.91. The second-order valence-corrected chi connectivity index (χ2v) is 6.06. The van der Waals surface area contributed by atoms with E-state index in [1.807, 2.05) is 18.6 Å². The maximum atomic E-state index is 12.0. The number of alkyl halides is 2. The number of hydrogen-bond donors (Lipinski definition) is 2. The van der Waals surface area contributed by atoms with Gasteiger partial charge in [0.1, 0.15) is 4.90 Å². The summed E-state index contributed by atoms with van der Waals surface area (Å²) < 4.78 is 50.4. The van der Waals surface area contributed by atoms with Crippen molar-refractivity contribution in [3.05, 3.63) is 12.4 Å². The summed E-state index contributed by atoms with van der Waals surface area (Å²) >= 11 is 0. The maximum absolute atomic E-state index is 12.0. The lowest BCUT2D eigenvalue weighted by Gasteiger charge is -2.07. The lowest BCUT2D eigenvalue weighted by molar-refractivity contribution is 0.153. The van der Waals surface area contributed by atoms with E-state index < -0.39 is 23.0 Å². The number of nitrogens with zero attached hydrogens (tertiary/aromatic N) is 2. The van der Waals surface area contributed by atoms with Gasteiger partial charge in [0.2, 0.25) is 10.0 Å². The van der Waals surface area contributed by atoms with E-state index in [9.17, 15) is 17.2 Å². The highest BCUT2D eigenvalue weighted by atomic mass is 32.2. The zero-order chi connectivity index (χ0) is 14.5. The standard InChI is InChI=1S/C10H18F2N4O2S/c1-8(2)13-3-4-16-7-9(5-14-16)19(17,18)15-6-10(11)12/h5,7-8,10,13,15H,3-4,6H2,1-2H3. The van der Waals surface area contributed by atoms with Crippen LogP contribution in [0, 0.1) is 0 Å². The maximum Gasteiger partial charge on any atom is 0.251 e. The fourth-order valence-electron chi connectivity index (χ4n) is 1.33. The zero-order valence-corrected chi connectivity index (χ0v) is 11.6. The molecule has 0 fully saturated rings. The van der Waals surface area contributed by atoms with Gasteiger partial charge in [0, 0.05) is 18.8 Å². The molecule has 0 radical (unpaired) electrons. The second kappa shape index (κ2) is 6.92. The Balaban J connectivity index is 2.58. The van der Waals surface area contributed by atoms with Gasteiger partial charge in [0.25, 0.3) is 6.43 Å². The molecule has 0 saturated heterocycles. The molecular formula is C10H18F2N4O2S. The first-order valence-corrected chi connectivity index (χ1v) is 7.33. The molecule has 9 heteroatoms. The number of sulfonamides is 1. The van der Waals surface area contributed by atoms with Crippen molar-refractivity contribution >= 4 is 10.0 Å². The van der Waals surface area contributed by atoms with Gasteiger partial charge < -0.3 is 5.32 Å². The van der Waals surface area contributed by atoms with Crippen LogP contribution in [0.25, 0.3) is 0 Å². The van der Waals surface area contributed by atoms with E-state index in [1.165, 1.54) is 10.9 Å². The number of aromatic nitrogens is 2. The highest BCUT2D eigenvalue weighted by Gasteiger charge is 2.18. The van der Waals surface area contributed by atoms with E-state index in [0.717, 1.165) is 6.20 Å². The third-order valence-electron chi connectivity index (χ3n) is 2.24. The van der Waals surface area contributed by atoms with Gasteiger partial charge in [-0.15, -0.1) is 0 Å². The Bertz CT molecular complexity index is 487. The fourth-order valence-corrected chi connectivity index (χ4v) is 2.29. The van der Waals surface area contributed by atoms with Crippen LogP contribution in [0.4, 0.5) is 8.78 Å². The van der Waals surface area contributed by atoms with Crippen molar-refractivity contribution in [2.45, 2.75) is 37.8 Å². The van der Waals surface area contributed by atoms with Crippen molar-refractivity contribution in [2.24, 2.45) is 0 Å². The van der Waals surface area contributed by atoms with Crippen LogP contribution in [0.3, 0.4) is 0 Å². The first-order valence-electron chi connectivity index (χ1n) is 5.85. The van der Waals surface area contributed by atoms with Gasteiger partial charge in [-0.05, 0) is 0 Å². The Labute approximate surface area is 111 Å². The lowest BCUT2D eigenvalue weighted by Crippen LogP contribution is -2.28. The van der Waals surface area contributed by atoms with Crippen LogP contribution in [0.2, 0.25) is 0 Å². The Morgan fingerprint density at radius 2 is 2.11 bits per heavy atom. The summed E-state index contributed by atoms with van der Waals surface area (Å²) in [5.41, 5.74) is 0. The van der Waals surface area contributed by atoms with Crippen LogP contribution in [0.1, 0.15) is 13.8 Å². The first kappa shape index (κ1) is 16.0. The molecule has 1 rings (SSSR count). The van der Waals surface area contributed by atoms with Gasteiger partial charge in [0.05, 0.1) is 19.3 Å². The Hall–Kier alpha value is -1.06. The summed E-state index contributed by atoms with van der Waals surface area (Å²) in [5, 5.41) is 7.03. The van der Waals surface area contributed by atoms with Crippen molar-refractivity contribution in [1.29, 1.82) is 0 Å². The van der Waals surface area contributed by atoms with E-state index in [-0.39, 0.29) is 4.90 Å². The third-order valence-corrected chi connectivity index (χ3v) is 3.62. The Morgan fingerprint density at radius 1 is 1.42 bits per heavy atom. The quantitative estimate of drug-likeness (QED) is 0.729. The molecule has 19 heavy (non-hydrogen) atoms. The van der Waals surface area contributed by atoms with Crippen molar-refractivity contribution in [3.8, 4) is 0 Å². The van der Waals surface area contributed by atoms with Gasteiger partial charge in [-0.3, -0.25) is 4.68 Å². The molecule has 6 nitrogen and oxygen atoms in total. The van der Waals surface area contributed by atoms with Crippen LogP contribution >= 0.6 is 0 Å². The predicted octanol–water partition coefficient (Wildman–Crippen LogP) is 0.424. The van der Waals surface area contributed by atoms with Crippen LogP contribution in [0.5, 0.6) is 0 Å². The minimum atomic E-state index is -3.91. The lowest BCUT2D eigenvalue weighted by atomic mass is 10.4. The topological polar surface area (TPSA) is 76.0 Å². The molecule has 0 saturated carbocycles. The molecule has 0 amide bonds. The molecular weight excluding hydrogens is 278 g/mol. The summed E-state index contributed by atoms with van der Waals surface area (Å²) in [4.78, 5) is -0.113. The molecule has 0 aliphatic carbocycles. The minimum Gasteiger partial charge on any atom is -0.313 e. The monoisotopic (exact) mass is 296 g/mol. The molecule has 110 valence electrons. The fraction of sp³-hybridized carbons (Fsp3) is 0.700. The normalized spacial score (nSPS) is 12.5. The third kappa shape index (κ3) is 5.62. The van der Waals surface area contributed by atoms with Gasteiger partial charge in [-0.1, -0.05) is 13.8 Å². The summed E-state index contributed by atoms with van der Waals surface area (Å²) in [6.07, 6.45) is -0.265. The molecule has 0 aliphatic heterocycles. The van der Waals surface area contributed by atoms with Crippen molar-refractivity contribution in [3.63, 3.8) is 0 Å². The largest absolute Gasteiger partial charge is 0.313 e. The summed E-state index contributed by atoms with van der Waals surface area (Å²) in [6.45, 7) is 4.23. The molecule has 1 aromatic heterocycles. The molecule has 0 bridgehead atoms. The number of halogens is 2. The summed E-state index contributed by atoms with van der Waals surface area (Å²) in [5.74, 6) is 0. The molecule has 0 unspecified atom stereocenters. The molecule has 0 aliphatic rings. The van der Waals surface area contributed by atoms with Crippen LogP contribution < -0.4 is 10.0 Å². The summed E-state index contributed by atoms with van der Waals surface area (Å²) in [6, 6.07) is 0.325. The number of nitrogens with one attached hydrogen (secondary N) is 2. The Morgan fingerprint density at radius 3 is 2.68 bits per heavy atom. The van der Waals surface area contributed by atoms with Gasteiger partial charge >= 0.3 is 0 Å².